The first-order chi connectivity index (χ1) is 9.08. The predicted molar refractivity (Wildman–Crippen MR) is 72.4 cm³/mol. The van der Waals surface area contributed by atoms with Crippen molar-refractivity contribution in [2.75, 3.05) is 0 Å². The molecular formula is C11H4IN5O2. The predicted octanol–water partition coefficient (Wildman–Crippen LogP) is 2.13. The summed E-state index contributed by atoms with van der Waals surface area (Å²) in [6, 6.07) is 7.97. The third-order valence-electron chi connectivity index (χ3n) is 2.38. The van der Waals surface area contributed by atoms with E-state index in [9.17, 15) is 10.1 Å². The quantitative estimate of drug-likeness (QED) is 0.460. The molecule has 0 N–H and O–H groups in total. The monoisotopic (exact) mass is 365 g/mol. The Morgan fingerprint density at radius 2 is 2.11 bits per heavy atom. The first kappa shape index (κ1) is 13.0. The average Bonchev–Trinajstić information content (AvgIpc) is 2.80. The number of benzene rings is 1. The molecule has 19 heavy (non-hydrogen) atoms. The summed E-state index contributed by atoms with van der Waals surface area (Å²) in [6.45, 7) is 0. The molecule has 0 bridgehead atoms. The van der Waals surface area contributed by atoms with Gasteiger partial charge in [0.1, 0.15) is 18.5 Å². The van der Waals surface area contributed by atoms with Gasteiger partial charge in [-0.1, -0.05) is 0 Å². The molecule has 1 heterocycles. The maximum atomic E-state index is 10.7. The number of non-ortho nitro benzene ring substituents is 1. The number of hydrogen-bond acceptors (Lipinski definition) is 5. The van der Waals surface area contributed by atoms with E-state index in [2.05, 4.69) is 4.98 Å². The third-order valence-corrected chi connectivity index (χ3v) is 3.24. The summed E-state index contributed by atoms with van der Waals surface area (Å²) in [7, 11) is 0. The topological polar surface area (TPSA) is 109 Å². The number of aromatic nitrogens is 2. The zero-order chi connectivity index (χ0) is 14.0. The highest BCUT2D eigenvalue weighted by Crippen LogP contribution is 2.24. The number of nitro benzene ring substituents is 1. The van der Waals surface area contributed by atoms with Crippen LogP contribution in [-0.2, 0) is 0 Å². The van der Waals surface area contributed by atoms with Crippen molar-refractivity contribution >= 4 is 28.3 Å². The number of halogens is 1. The van der Waals surface area contributed by atoms with Crippen molar-refractivity contribution in [2.24, 2.45) is 0 Å². The summed E-state index contributed by atoms with van der Waals surface area (Å²) in [6.07, 6.45) is 1.35. The summed E-state index contributed by atoms with van der Waals surface area (Å²) < 4.78 is 2.02. The van der Waals surface area contributed by atoms with Crippen LogP contribution in [0.2, 0.25) is 0 Å². The van der Waals surface area contributed by atoms with E-state index in [0.717, 1.165) is 0 Å². The van der Waals surface area contributed by atoms with Crippen molar-refractivity contribution in [1.82, 2.24) is 9.55 Å². The van der Waals surface area contributed by atoms with E-state index < -0.39 is 4.92 Å². The van der Waals surface area contributed by atoms with Crippen LogP contribution < -0.4 is 0 Å². The molecule has 0 saturated heterocycles. The van der Waals surface area contributed by atoms with Gasteiger partial charge >= 0.3 is 0 Å². The van der Waals surface area contributed by atoms with Crippen molar-refractivity contribution in [3.8, 4) is 17.8 Å². The number of nitro groups is 1. The molecule has 0 aliphatic carbocycles. The fourth-order valence-electron chi connectivity index (χ4n) is 1.52. The number of nitriles is 2. The SMILES string of the molecule is N#Cc1ncn(-c2ccc([N+](=O)[O-])cc2I)c1C#N. The minimum Gasteiger partial charge on any atom is -0.288 e. The molecule has 8 heteroatoms. The second-order valence-corrected chi connectivity index (χ2v) is 4.59. The van der Waals surface area contributed by atoms with Gasteiger partial charge in [0.25, 0.3) is 5.69 Å². The van der Waals surface area contributed by atoms with Crippen molar-refractivity contribution in [1.29, 1.82) is 10.5 Å². The Labute approximate surface area is 121 Å². The molecule has 2 rings (SSSR count). The van der Waals surface area contributed by atoms with Crippen LogP contribution in [0.3, 0.4) is 0 Å². The second kappa shape index (κ2) is 5.04. The Hall–Kier alpha value is -2.46. The molecule has 2 aromatic rings. The molecule has 0 spiro atoms. The molecule has 92 valence electrons. The Kier molecular flexibility index (Phi) is 3.44. The van der Waals surface area contributed by atoms with E-state index >= 15 is 0 Å². The van der Waals surface area contributed by atoms with Crippen LogP contribution in [0, 0.1) is 36.3 Å². The van der Waals surface area contributed by atoms with E-state index in [1.54, 1.807) is 0 Å². The summed E-state index contributed by atoms with van der Waals surface area (Å²) >= 11 is 1.93. The van der Waals surface area contributed by atoms with E-state index in [0.29, 0.717) is 9.26 Å². The van der Waals surface area contributed by atoms with Gasteiger partial charge in [0.15, 0.2) is 11.4 Å². The number of rotatable bonds is 2. The smallest absolute Gasteiger partial charge is 0.270 e. The van der Waals surface area contributed by atoms with E-state index in [4.69, 9.17) is 10.5 Å². The molecule has 0 unspecified atom stereocenters. The first-order valence-electron chi connectivity index (χ1n) is 4.90. The molecule has 0 radical (unpaired) electrons. The fraction of sp³-hybridized carbons (Fsp3) is 0. The highest BCUT2D eigenvalue weighted by atomic mass is 127. The van der Waals surface area contributed by atoms with Crippen LogP contribution in [0.1, 0.15) is 11.4 Å². The highest BCUT2D eigenvalue weighted by molar-refractivity contribution is 14.1. The van der Waals surface area contributed by atoms with E-state index in [1.165, 1.54) is 29.1 Å². The van der Waals surface area contributed by atoms with Crippen LogP contribution >= 0.6 is 22.6 Å². The standard InChI is InChI=1S/C11H4IN5O2/c12-8-3-7(17(18)19)1-2-10(8)16-6-15-9(4-13)11(16)5-14/h1-3,6H. The van der Waals surface area contributed by atoms with Crippen molar-refractivity contribution < 1.29 is 4.92 Å². The molecule has 0 atom stereocenters. The van der Waals surface area contributed by atoms with Crippen molar-refractivity contribution in [3.05, 3.63) is 49.6 Å². The summed E-state index contributed by atoms with van der Waals surface area (Å²) in [4.78, 5) is 14.0. The van der Waals surface area contributed by atoms with Crippen LogP contribution in [-0.4, -0.2) is 14.5 Å². The lowest BCUT2D eigenvalue weighted by Gasteiger charge is -2.06. The van der Waals surface area contributed by atoms with Crippen molar-refractivity contribution in [2.45, 2.75) is 0 Å². The fourth-order valence-corrected chi connectivity index (χ4v) is 2.28. The van der Waals surface area contributed by atoms with E-state index in [1.807, 2.05) is 34.7 Å². The normalized spacial score (nSPS) is 9.63. The molecule has 1 aromatic heterocycles. The van der Waals surface area contributed by atoms with Gasteiger partial charge in [-0.05, 0) is 28.7 Å². The highest BCUT2D eigenvalue weighted by Gasteiger charge is 2.15. The lowest BCUT2D eigenvalue weighted by atomic mass is 10.2. The largest absolute Gasteiger partial charge is 0.288 e. The Balaban J connectivity index is 2.61. The Morgan fingerprint density at radius 3 is 2.63 bits per heavy atom. The summed E-state index contributed by atoms with van der Waals surface area (Å²) in [5.41, 5.74) is 0.662. The van der Waals surface area contributed by atoms with Crippen LogP contribution in [0.25, 0.3) is 5.69 Å². The average molecular weight is 365 g/mol. The molecule has 7 nitrogen and oxygen atoms in total. The maximum Gasteiger partial charge on any atom is 0.270 e. The maximum absolute atomic E-state index is 10.7. The molecule has 0 saturated carbocycles. The molecule has 0 amide bonds. The lowest BCUT2D eigenvalue weighted by molar-refractivity contribution is -0.384. The molecule has 0 aliphatic heterocycles. The van der Waals surface area contributed by atoms with Gasteiger partial charge in [-0.3, -0.25) is 14.7 Å². The van der Waals surface area contributed by atoms with Crippen LogP contribution in [0.15, 0.2) is 24.5 Å². The first-order valence-corrected chi connectivity index (χ1v) is 5.98. The third kappa shape index (κ3) is 2.26. The second-order valence-electron chi connectivity index (χ2n) is 3.43. The molecule has 1 aromatic carbocycles. The van der Waals surface area contributed by atoms with Gasteiger partial charge in [0, 0.05) is 15.7 Å². The van der Waals surface area contributed by atoms with Crippen LogP contribution in [0.5, 0.6) is 0 Å². The van der Waals surface area contributed by atoms with Gasteiger partial charge < -0.3 is 0 Å². The zero-order valence-electron chi connectivity index (χ0n) is 9.24. The Bertz CT molecular complexity index is 753. The summed E-state index contributed by atoms with van der Waals surface area (Å²) in [5.74, 6) is 0. The van der Waals surface area contributed by atoms with Crippen LogP contribution in [0.4, 0.5) is 5.69 Å². The van der Waals surface area contributed by atoms with Gasteiger partial charge in [-0.2, -0.15) is 10.5 Å². The minimum absolute atomic E-state index is 0.0247. The van der Waals surface area contributed by atoms with E-state index in [-0.39, 0.29) is 17.1 Å². The number of hydrogen-bond donors (Lipinski definition) is 0. The van der Waals surface area contributed by atoms with Gasteiger partial charge in [-0.15, -0.1) is 0 Å². The molecule has 0 aliphatic rings. The lowest BCUT2D eigenvalue weighted by Crippen LogP contribution is -2.00. The minimum atomic E-state index is -0.494. The molecular weight excluding hydrogens is 361 g/mol. The number of imidazole rings is 1. The molecule has 0 fully saturated rings. The van der Waals surface area contributed by atoms with Gasteiger partial charge in [0.2, 0.25) is 0 Å². The van der Waals surface area contributed by atoms with Gasteiger partial charge in [-0.25, -0.2) is 4.98 Å². The summed E-state index contributed by atoms with van der Waals surface area (Å²) in [5, 5.41) is 28.5. The number of nitrogens with zero attached hydrogens (tertiary/aromatic N) is 5. The van der Waals surface area contributed by atoms with Gasteiger partial charge in [0.05, 0.1) is 10.6 Å². The Morgan fingerprint density at radius 1 is 1.37 bits per heavy atom. The van der Waals surface area contributed by atoms with Crippen molar-refractivity contribution in [3.63, 3.8) is 0 Å². The zero-order valence-corrected chi connectivity index (χ0v) is 11.4.